The third kappa shape index (κ3) is 5.53. The van der Waals surface area contributed by atoms with Gasteiger partial charge in [0.15, 0.2) is 0 Å². The predicted octanol–water partition coefficient (Wildman–Crippen LogP) is 1.68. The Labute approximate surface area is 144 Å². The molecule has 0 saturated carbocycles. The molecular formula is C18H28N4O2. The standard InChI is InChI=1S/C18H28N4O2/c1-3-21(2)16-9-6-8-15(14-16)20-18(24)17(23)19-10-7-13-22-11-4-5-12-22/h6,8-9,14H,3-5,7,10-13H2,1-2H3,(H,19,23)(H,20,24). The number of hydrogen-bond acceptors (Lipinski definition) is 4. The first-order valence-electron chi connectivity index (χ1n) is 8.73. The molecule has 1 heterocycles. The molecule has 1 aromatic rings. The van der Waals surface area contributed by atoms with Gasteiger partial charge in [0.1, 0.15) is 0 Å². The molecule has 1 aromatic carbocycles. The number of amides is 2. The highest BCUT2D eigenvalue weighted by molar-refractivity contribution is 6.39. The second kappa shape index (κ2) is 9.27. The summed E-state index contributed by atoms with van der Waals surface area (Å²) in [5.41, 5.74) is 1.63. The molecule has 0 atom stereocenters. The van der Waals surface area contributed by atoms with Gasteiger partial charge in [-0.2, -0.15) is 0 Å². The van der Waals surface area contributed by atoms with E-state index in [-0.39, 0.29) is 0 Å². The summed E-state index contributed by atoms with van der Waals surface area (Å²) >= 11 is 0. The minimum Gasteiger partial charge on any atom is -0.375 e. The summed E-state index contributed by atoms with van der Waals surface area (Å²) < 4.78 is 0. The Bertz CT molecular complexity index is 556. The van der Waals surface area contributed by atoms with Crippen LogP contribution in [0.4, 0.5) is 11.4 Å². The van der Waals surface area contributed by atoms with E-state index >= 15 is 0 Å². The smallest absolute Gasteiger partial charge is 0.313 e. The quantitative estimate of drug-likeness (QED) is 0.589. The first-order chi connectivity index (χ1) is 11.6. The fourth-order valence-electron chi connectivity index (χ4n) is 2.78. The predicted molar refractivity (Wildman–Crippen MR) is 97.3 cm³/mol. The number of carbonyl (C=O) groups is 2. The highest BCUT2D eigenvalue weighted by Crippen LogP contribution is 2.18. The zero-order valence-electron chi connectivity index (χ0n) is 14.7. The summed E-state index contributed by atoms with van der Waals surface area (Å²) in [5, 5.41) is 5.34. The van der Waals surface area contributed by atoms with Gasteiger partial charge >= 0.3 is 11.8 Å². The van der Waals surface area contributed by atoms with Crippen molar-refractivity contribution in [2.24, 2.45) is 0 Å². The number of nitrogens with zero attached hydrogens (tertiary/aromatic N) is 2. The maximum absolute atomic E-state index is 12.0. The number of carbonyl (C=O) groups excluding carboxylic acids is 2. The molecule has 0 aromatic heterocycles. The molecule has 0 radical (unpaired) electrons. The Morgan fingerprint density at radius 2 is 1.96 bits per heavy atom. The van der Waals surface area contributed by atoms with Crippen LogP contribution in [-0.4, -0.2) is 56.5 Å². The van der Waals surface area contributed by atoms with E-state index in [0.29, 0.717) is 12.2 Å². The van der Waals surface area contributed by atoms with Crippen LogP contribution in [0.2, 0.25) is 0 Å². The highest BCUT2D eigenvalue weighted by Gasteiger charge is 2.14. The number of anilines is 2. The molecule has 24 heavy (non-hydrogen) atoms. The molecule has 6 heteroatoms. The van der Waals surface area contributed by atoms with E-state index < -0.39 is 11.8 Å². The minimum atomic E-state index is -0.618. The largest absolute Gasteiger partial charge is 0.375 e. The molecule has 1 aliphatic heterocycles. The molecule has 1 aliphatic rings. The lowest BCUT2D eigenvalue weighted by Gasteiger charge is -2.17. The van der Waals surface area contributed by atoms with Crippen molar-refractivity contribution in [2.45, 2.75) is 26.2 Å². The van der Waals surface area contributed by atoms with E-state index in [1.54, 1.807) is 6.07 Å². The van der Waals surface area contributed by atoms with Crippen molar-refractivity contribution in [2.75, 3.05) is 50.0 Å². The van der Waals surface area contributed by atoms with Crippen LogP contribution in [0, 0.1) is 0 Å². The summed E-state index contributed by atoms with van der Waals surface area (Å²) in [6.45, 7) is 6.73. The minimum absolute atomic E-state index is 0.529. The van der Waals surface area contributed by atoms with Gasteiger partial charge in [-0.1, -0.05) is 6.07 Å². The maximum Gasteiger partial charge on any atom is 0.313 e. The van der Waals surface area contributed by atoms with Crippen LogP contribution in [0.25, 0.3) is 0 Å². The Hall–Kier alpha value is -2.08. The second-order valence-corrected chi connectivity index (χ2v) is 6.18. The van der Waals surface area contributed by atoms with Crippen LogP contribution < -0.4 is 15.5 Å². The Morgan fingerprint density at radius 1 is 1.21 bits per heavy atom. The summed E-state index contributed by atoms with van der Waals surface area (Å²) in [6, 6.07) is 7.48. The van der Waals surface area contributed by atoms with Gasteiger partial charge < -0.3 is 20.4 Å². The third-order valence-corrected chi connectivity index (χ3v) is 4.36. The number of hydrogen-bond donors (Lipinski definition) is 2. The number of rotatable bonds is 7. The second-order valence-electron chi connectivity index (χ2n) is 6.18. The van der Waals surface area contributed by atoms with E-state index in [0.717, 1.165) is 38.3 Å². The van der Waals surface area contributed by atoms with Crippen molar-refractivity contribution in [3.05, 3.63) is 24.3 Å². The number of nitrogens with one attached hydrogen (secondary N) is 2. The maximum atomic E-state index is 12.0. The number of benzene rings is 1. The van der Waals surface area contributed by atoms with E-state index in [1.807, 2.05) is 25.2 Å². The lowest BCUT2D eigenvalue weighted by molar-refractivity contribution is -0.136. The molecular weight excluding hydrogens is 304 g/mol. The molecule has 132 valence electrons. The van der Waals surface area contributed by atoms with Gasteiger partial charge in [-0.25, -0.2) is 0 Å². The molecule has 0 aliphatic carbocycles. The SMILES string of the molecule is CCN(C)c1cccc(NC(=O)C(=O)NCCCN2CCCC2)c1. The van der Waals surface area contributed by atoms with Crippen molar-refractivity contribution in [3.63, 3.8) is 0 Å². The summed E-state index contributed by atoms with van der Waals surface area (Å²) in [6.07, 6.45) is 3.40. The molecule has 0 bridgehead atoms. The van der Waals surface area contributed by atoms with Crippen LogP contribution in [-0.2, 0) is 9.59 Å². The molecule has 0 spiro atoms. The van der Waals surface area contributed by atoms with E-state index in [4.69, 9.17) is 0 Å². The van der Waals surface area contributed by atoms with Gasteiger partial charge in [0.05, 0.1) is 0 Å². The molecule has 2 N–H and O–H groups in total. The van der Waals surface area contributed by atoms with Crippen LogP contribution in [0.3, 0.4) is 0 Å². The van der Waals surface area contributed by atoms with E-state index in [9.17, 15) is 9.59 Å². The topological polar surface area (TPSA) is 64.7 Å². The van der Waals surface area contributed by atoms with E-state index in [2.05, 4.69) is 27.4 Å². The first kappa shape index (κ1) is 18.3. The summed E-state index contributed by atoms with van der Waals surface area (Å²) in [7, 11) is 1.98. The summed E-state index contributed by atoms with van der Waals surface area (Å²) in [4.78, 5) is 28.3. The monoisotopic (exact) mass is 332 g/mol. The molecule has 1 saturated heterocycles. The van der Waals surface area contributed by atoms with Gasteiger partial charge in [-0.3, -0.25) is 9.59 Å². The number of likely N-dealkylation sites (tertiary alicyclic amines) is 1. The summed E-state index contributed by atoms with van der Waals surface area (Å²) in [5.74, 6) is -1.20. The molecule has 2 amide bonds. The van der Waals surface area contributed by atoms with Crippen LogP contribution in [0.1, 0.15) is 26.2 Å². The zero-order valence-corrected chi connectivity index (χ0v) is 14.7. The van der Waals surface area contributed by atoms with Gasteiger partial charge in [0.2, 0.25) is 0 Å². The third-order valence-electron chi connectivity index (χ3n) is 4.36. The normalized spacial score (nSPS) is 14.4. The Kier molecular flexibility index (Phi) is 7.06. The van der Waals surface area contributed by atoms with E-state index in [1.165, 1.54) is 12.8 Å². The zero-order chi connectivity index (χ0) is 17.4. The van der Waals surface area contributed by atoms with Crippen LogP contribution >= 0.6 is 0 Å². The molecule has 0 unspecified atom stereocenters. The van der Waals surface area contributed by atoms with Crippen molar-refractivity contribution >= 4 is 23.2 Å². The molecule has 1 fully saturated rings. The van der Waals surface area contributed by atoms with Crippen molar-refractivity contribution < 1.29 is 9.59 Å². The lowest BCUT2D eigenvalue weighted by Crippen LogP contribution is -2.37. The van der Waals surface area contributed by atoms with Gasteiger partial charge in [-0.15, -0.1) is 0 Å². The van der Waals surface area contributed by atoms with Gasteiger partial charge in [-0.05, 0) is 64.0 Å². The molecule has 2 rings (SSSR count). The average molecular weight is 332 g/mol. The van der Waals surface area contributed by atoms with Crippen LogP contribution in [0.15, 0.2) is 24.3 Å². The fourth-order valence-corrected chi connectivity index (χ4v) is 2.78. The fraction of sp³-hybridized carbons (Fsp3) is 0.556. The van der Waals surface area contributed by atoms with Crippen molar-refractivity contribution in [1.82, 2.24) is 10.2 Å². The van der Waals surface area contributed by atoms with Crippen molar-refractivity contribution in [1.29, 1.82) is 0 Å². The Balaban J connectivity index is 1.73. The van der Waals surface area contributed by atoms with Gasteiger partial charge in [0.25, 0.3) is 0 Å². The molecule has 6 nitrogen and oxygen atoms in total. The van der Waals surface area contributed by atoms with Crippen molar-refractivity contribution in [3.8, 4) is 0 Å². The Morgan fingerprint density at radius 3 is 2.67 bits per heavy atom. The lowest BCUT2D eigenvalue weighted by atomic mass is 10.2. The highest BCUT2D eigenvalue weighted by atomic mass is 16.2. The average Bonchev–Trinajstić information content (AvgIpc) is 3.11. The first-order valence-corrected chi connectivity index (χ1v) is 8.73. The van der Waals surface area contributed by atoms with Gasteiger partial charge in [0, 0.05) is 31.5 Å². The van der Waals surface area contributed by atoms with Crippen LogP contribution in [0.5, 0.6) is 0 Å².